The Balaban J connectivity index is 2.14. The summed E-state index contributed by atoms with van der Waals surface area (Å²) in [7, 11) is 1.69. The van der Waals surface area contributed by atoms with Crippen LogP contribution in [-0.4, -0.2) is 48.1 Å². The summed E-state index contributed by atoms with van der Waals surface area (Å²) < 4.78 is 5.01. The molecule has 6 nitrogen and oxygen atoms in total. The molecular formula is C12H16N2O4. The SMILES string of the molecule is CN(C(=O)c1occc1C(=O)O)C1CCNCC1. The van der Waals surface area contributed by atoms with Crippen LogP contribution in [-0.2, 0) is 0 Å². The number of carboxylic acid groups (broad SMARTS) is 1. The molecule has 0 atom stereocenters. The third-order valence-electron chi connectivity index (χ3n) is 3.27. The zero-order valence-corrected chi connectivity index (χ0v) is 10.2. The van der Waals surface area contributed by atoms with Gasteiger partial charge in [0.05, 0.1) is 6.26 Å². The molecule has 0 aromatic carbocycles. The number of furan rings is 1. The summed E-state index contributed by atoms with van der Waals surface area (Å²) in [6.45, 7) is 1.73. The fourth-order valence-corrected chi connectivity index (χ4v) is 2.16. The predicted octanol–water partition coefficient (Wildman–Crippen LogP) is 0.802. The number of piperidine rings is 1. The number of hydrogen-bond donors (Lipinski definition) is 2. The first-order valence-corrected chi connectivity index (χ1v) is 5.90. The van der Waals surface area contributed by atoms with Gasteiger partial charge in [0.2, 0.25) is 5.76 Å². The van der Waals surface area contributed by atoms with Gasteiger partial charge in [-0.05, 0) is 32.0 Å². The van der Waals surface area contributed by atoms with Crippen molar-refractivity contribution in [3.05, 3.63) is 23.7 Å². The van der Waals surface area contributed by atoms with Gasteiger partial charge in [-0.3, -0.25) is 4.79 Å². The highest BCUT2D eigenvalue weighted by Gasteiger charge is 2.28. The summed E-state index contributed by atoms with van der Waals surface area (Å²) in [6, 6.07) is 1.43. The van der Waals surface area contributed by atoms with Crippen LogP contribution in [0.1, 0.15) is 33.8 Å². The number of hydrogen-bond acceptors (Lipinski definition) is 4. The molecule has 0 aliphatic carbocycles. The van der Waals surface area contributed by atoms with E-state index in [1.165, 1.54) is 12.3 Å². The molecule has 2 rings (SSSR count). The second-order valence-corrected chi connectivity index (χ2v) is 4.37. The average Bonchev–Trinajstić information content (AvgIpc) is 2.87. The number of rotatable bonds is 3. The Morgan fingerprint density at radius 1 is 1.44 bits per heavy atom. The second kappa shape index (κ2) is 5.22. The van der Waals surface area contributed by atoms with Crippen molar-refractivity contribution in [1.82, 2.24) is 10.2 Å². The Labute approximate surface area is 105 Å². The fourth-order valence-electron chi connectivity index (χ4n) is 2.16. The maximum absolute atomic E-state index is 12.2. The van der Waals surface area contributed by atoms with Gasteiger partial charge in [-0.1, -0.05) is 0 Å². The van der Waals surface area contributed by atoms with Gasteiger partial charge in [-0.25, -0.2) is 4.79 Å². The molecule has 0 bridgehead atoms. The number of carboxylic acids is 1. The lowest BCUT2D eigenvalue weighted by Crippen LogP contribution is -2.44. The first kappa shape index (κ1) is 12.6. The van der Waals surface area contributed by atoms with Crippen LogP contribution in [0.2, 0.25) is 0 Å². The quantitative estimate of drug-likeness (QED) is 0.831. The van der Waals surface area contributed by atoms with Crippen LogP contribution < -0.4 is 5.32 Å². The van der Waals surface area contributed by atoms with Crippen molar-refractivity contribution in [2.75, 3.05) is 20.1 Å². The zero-order chi connectivity index (χ0) is 13.1. The molecule has 2 N–H and O–H groups in total. The van der Waals surface area contributed by atoms with E-state index < -0.39 is 5.97 Å². The summed E-state index contributed by atoms with van der Waals surface area (Å²) in [6.07, 6.45) is 2.96. The van der Waals surface area contributed by atoms with Crippen LogP contribution in [0.4, 0.5) is 0 Å². The summed E-state index contributed by atoms with van der Waals surface area (Å²) in [5.74, 6) is -1.61. The highest BCUT2D eigenvalue weighted by molar-refractivity contribution is 6.02. The molecule has 1 aliphatic rings. The number of nitrogens with zero attached hydrogens (tertiary/aromatic N) is 1. The minimum absolute atomic E-state index is 0.0826. The van der Waals surface area contributed by atoms with Crippen LogP contribution in [0.5, 0.6) is 0 Å². The number of nitrogens with one attached hydrogen (secondary N) is 1. The molecule has 98 valence electrons. The van der Waals surface area contributed by atoms with Gasteiger partial charge in [0, 0.05) is 13.1 Å². The van der Waals surface area contributed by atoms with E-state index in [1.807, 2.05) is 0 Å². The smallest absolute Gasteiger partial charge is 0.339 e. The number of carbonyl (C=O) groups excluding carboxylic acids is 1. The molecule has 0 spiro atoms. The molecule has 18 heavy (non-hydrogen) atoms. The molecule has 1 aromatic rings. The van der Waals surface area contributed by atoms with Gasteiger partial charge in [0.1, 0.15) is 5.56 Å². The Kier molecular flexibility index (Phi) is 3.66. The molecule has 1 aliphatic heterocycles. The lowest BCUT2D eigenvalue weighted by molar-refractivity contribution is 0.0634. The molecule has 1 fully saturated rings. The van der Waals surface area contributed by atoms with Gasteiger partial charge in [-0.2, -0.15) is 0 Å². The van der Waals surface area contributed by atoms with E-state index >= 15 is 0 Å². The van der Waals surface area contributed by atoms with E-state index in [0.717, 1.165) is 25.9 Å². The monoisotopic (exact) mass is 252 g/mol. The van der Waals surface area contributed by atoms with Gasteiger partial charge < -0.3 is 19.7 Å². The predicted molar refractivity (Wildman–Crippen MR) is 63.7 cm³/mol. The number of amides is 1. The third kappa shape index (κ3) is 2.38. The average molecular weight is 252 g/mol. The van der Waals surface area contributed by atoms with Crippen LogP contribution in [0.3, 0.4) is 0 Å². The number of carbonyl (C=O) groups is 2. The highest BCUT2D eigenvalue weighted by Crippen LogP contribution is 2.17. The molecule has 1 aromatic heterocycles. The maximum Gasteiger partial charge on any atom is 0.339 e. The Morgan fingerprint density at radius 2 is 2.11 bits per heavy atom. The van der Waals surface area contributed by atoms with E-state index in [2.05, 4.69) is 5.32 Å². The molecule has 0 saturated carbocycles. The van der Waals surface area contributed by atoms with E-state index in [1.54, 1.807) is 11.9 Å². The summed E-state index contributed by atoms with van der Waals surface area (Å²) in [5.41, 5.74) is -0.0826. The Hall–Kier alpha value is -1.82. The van der Waals surface area contributed by atoms with Crippen molar-refractivity contribution in [3.63, 3.8) is 0 Å². The van der Waals surface area contributed by atoms with Crippen LogP contribution >= 0.6 is 0 Å². The number of aromatic carboxylic acids is 1. The molecule has 2 heterocycles. The van der Waals surface area contributed by atoms with E-state index in [0.29, 0.717) is 0 Å². The van der Waals surface area contributed by atoms with Crippen molar-refractivity contribution in [2.24, 2.45) is 0 Å². The first-order valence-electron chi connectivity index (χ1n) is 5.90. The van der Waals surface area contributed by atoms with E-state index in [4.69, 9.17) is 9.52 Å². The van der Waals surface area contributed by atoms with Gasteiger partial charge in [0.25, 0.3) is 5.91 Å². The topological polar surface area (TPSA) is 82.8 Å². The van der Waals surface area contributed by atoms with Crippen molar-refractivity contribution < 1.29 is 19.1 Å². The lowest BCUT2D eigenvalue weighted by Gasteiger charge is -2.31. The largest absolute Gasteiger partial charge is 0.478 e. The minimum atomic E-state index is -1.15. The minimum Gasteiger partial charge on any atom is -0.478 e. The molecule has 6 heteroatoms. The maximum atomic E-state index is 12.2. The van der Waals surface area contributed by atoms with Gasteiger partial charge in [-0.15, -0.1) is 0 Å². The Bertz CT molecular complexity index is 449. The molecule has 0 unspecified atom stereocenters. The molecule has 0 radical (unpaired) electrons. The van der Waals surface area contributed by atoms with Crippen LogP contribution in [0.15, 0.2) is 16.7 Å². The lowest BCUT2D eigenvalue weighted by atomic mass is 10.0. The normalized spacial score (nSPS) is 16.5. The standard InChI is InChI=1S/C12H16N2O4/c1-14(8-2-5-13-6-3-8)11(15)10-9(12(16)17)4-7-18-10/h4,7-8,13H,2-3,5-6H2,1H3,(H,16,17). The highest BCUT2D eigenvalue weighted by atomic mass is 16.4. The molecule has 1 saturated heterocycles. The third-order valence-corrected chi connectivity index (χ3v) is 3.27. The molecular weight excluding hydrogens is 236 g/mol. The van der Waals surface area contributed by atoms with Gasteiger partial charge >= 0.3 is 5.97 Å². The van der Waals surface area contributed by atoms with Crippen molar-refractivity contribution in [2.45, 2.75) is 18.9 Å². The van der Waals surface area contributed by atoms with Crippen LogP contribution in [0.25, 0.3) is 0 Å². The van der Waals surface area contributed by atoms with Gasteiger partial charge in [0.15, 0.2) is 0 Å². The summed E-state index contributed by atoms with van der Waals surface area (Å²) in [5, 5.41) is 12.2. The zero-order valence-electron chi connectivity index (χ0n) is 10.2. The van der Waals surface area contributed by atoms with Crippen LogP contribution in [0, 0.1) is 0 Å². The van der Waals surface area contributed by atoms with Crippen molar-refractivity contribution >= 4 is 11.9 Å². The second-order valence-electron chi connectivity index (χ2n) is 4.37. The Morgan fingerprint density at radius 3 is 2.72 bits per heavy atom. The summed E-state index contributed by atoms with van der Waals surface area (Å²) in [4.78, 5) is 24.7. The van der Waals surface area contributed by atoms with E-state index in [9.17, 15) is 9.59 Å². The fraction of sp³-hybridized carbons (Fsp3) is 0.500. The first-order chi connectivity index (χ1) is 8.61. The summed E-state index contributed by atoms with van der Waals surface area (Å²) >= 11 is 0. The molecule has 1 amide bonds. The van der Waals surface area contributed by atoms with E-state index in [-0.39, 0.29) is 23.3 Å². The van der Waals surface area contributed by atoms with Crippen molar-refractivity contribution in [1.29, 1.82) is 0 Å². The van der Waals surface area contributed by atoms with Crippen molar-refractivity contribution in [3.8, 4) is 0 Å².